The van der Waals surface area contributed by atoms with E-state index in [1.54, 1.807) is 0 Å². The summed E-state index contributed by atoms with van der Waals surface area (Å²) in [6, 6.07) is 7.78. The molecule has 3 rings (SSSR count). The highest BCUT2D eigenvalue weighted by Crippen LogP contribution is 2.31. The first-order valence-electron chi connectivity index (χ1n) is 7.09. The summed E-state index contributed by atoms with van der Waals surface area (Å²) in [5, 5.41) is 0. The molecule has 0 unspecified atom stereocenters. The highest BCUT2D eigenvalue weighted by molar-refractivity contribution is 5.96. The number of para-hydroxylation sites is 2. The Morgan fingerprint density at radius 3 is 2.74 bits per heavy atom. The molecule has 0 atom stereocenters. The van der Waals surface area contributed by atoms with Gasteiger partial charge in [0, 0.05) is 0 Å². The van der Waals surface area contributed by atoms with Gasteiger partial charge in [-0.3, -0.25) is 9.69 Å². The predicted octanol–water partition coefficient (Wildman–Crippen LogP) is 1.90. The van der Waals surface area contributed by atoms with Crippen LogP contribution in [0, 0.1) is 0 Å². The van der Waals surface area contributed by atoms with Crippen LogP contribution >= 0.6 is 0 Å². The standard InChI is InChI=1S/C15H20N2O2/c18-15(12-16-8-4-1-5-9-16)17-10-11-19-14-7-3-2-6-13(14)17/h2-3,6-7H,1,4-5,8-12H2. The lowest BCUT2D eigenvalue weighted by atomic mass is 10.1. The van der Waals surface area contributed by atoms with E-state index in [4.69, 9.17) is 4.74 Å². The van der Waals surface area contributed by atoms with Crippen LogP contribution in [0.15, 0.2) is 24.3 Å². The molecular formula is C15H20N2O2. The summed E-state index contributed by atoms with van der Waals surface area (Å²) in [7, 11) is 0. The van der Waals surface area contributed by atoms with Gasteiger partial charge in [0.1, 0.15) is 12.4 Å². The molecule has 0 saturated carbocycles. The Bertz CT molecular complexity index is 455. The number of likely N-dealkylation sites (tertiary alicyclic amines) is 1. The first kappa shape index (κ1) is 12.5. The number of benzene rings is 1. The molecule has 102 valence electrons. The second-order valence-electron chi connectivity index (χ2n) is 5.20. The largest absolute Gasteiger partial charge is 0.490 e. The average molecular weight is 260 g/mol. The van der Waals surface area contributed by atoms with Gasteiger partial charge in [0.2, 0.25) is 5.91 Å². The molecule has 19 heavy (non-hydrogen) atoms. The van der Waals surface area contributed by atoms with Gasteiger partial charge in [0.05, 0.1) is 18.8 Å². The number of carbonyl (C=O) groups excluding carboxylic acids is 1. The van der Waals surface area contributed by atoms with E-state index in [9.17, 15) is 4.79 Å². The van der Waals surface area contributed by atoms with Crippen molar-refractivity contribution in [3.8, 4) is 5.75 Å². The van der Waals surface area contributed by atoms with E-state index in [1.807, 2.05) is 29.2 Å². The molecule has 0 radical (unpaired) electrons. The number of rotatable bonds is 2. The smallest absolute Gasteiger partial charge is 0.241 e. The molecule has 0 spiro atoms. The van der Waals surface area contributed by atoms with Crippen LogP contribution in [0.1, 0.15) is 19.3 Å². The van der Waals surface area contributed by atoms with Gasteiger partial charge in [-0.15, -0.1) is 0 Å². The van der Waals surface area contributed by atoms with Crippen LogP contribution in [0.4, 0.5) is 5.69 Å². The van der Waals surface area contributed by atoms with Gasteiger partial charge in [-0.05, 0) is 38.1 Å². The SMILES string of the molecule is O=C(CN1CCCCC1)N1CCOc2ccccc21. The summed E-state index contributed by atoms with van der Waals surface area (Å²) < 4.78 is 5.59. The van der Waals surface area contributed by atoms with E-state index in [2.05, 4.69) is 4.90 Å². The van der Waals surface area contributed by atoms with Crippen molar-refractivity contribution in [1.29, 1.82) is 0 Å². The Morgan fingerprint density at radius 1 is 1.11 bits per heavy atom. The molecule has 2 aliphatic rings. The fourth-order valence-corrected chi connectivity index (χ4v) is 2.82. The molecule has 1 aromatic rings. The fraction of sp³-hybridized carbons (Fsp3) is 0.533. The third-order valence-electron chi connectivity index (χ3n) is 3.84. The maximum Gasteiger partial charge on any atom is 0.241 e. The summed E-state index contributed by atoms with van der Waals surface area (Å²) in [5.41, 5.74) is 0.913. The molecular weight excluding hydrogens is 240 g/mol. The lowest BCUT2D eigenvalue weighted by Crippen LogP contribution is -2.45. The molecule has 2 heterocycles. The van der Waals surface area contributed by atoms with E-state index in [0.29, 0.717) is 19.7 Å². The van der Waals surface area contributed by atoms with Crippen LogP contribution in [0.3, 0.4) is 0 Å². The number of anilines is 1. The third-order valence-corrected chi connectivity index (χ3v) is 3.84. The molecule has 0 N–H and O–H groups in total. The highest BCUT2D eigenvalue weighted by Gasteiger charge is 2.25. The molecule has 1 aromatic carbocycles. The van der Waals surface area contributed by atoms with Gasteiger partial charge in [-0.2, -0.15) is 0 Å². The van der Waals surface area contributed by atoms with Gasteiger partial charge < -0.3 is 9.64 Å². The lowest BCUT2D eigenvalue weighted by Gasteiger charge is -2.32. The number of hydrogen-bond acceptors (Lipinski definition) is 3. The average Bonchev–Trinajstić information content (AvgIpc) is 2.47. The molecule has 0 aliphatic carbocycles. The monoisotopic (exact) mass is 260 g/mol. The topological polar surface area (TPSA) is 32.8 Å². The molecule has 4 nitrogen and oxygen atoms in total. The number of nitrogens with zero attached hydrogens (tertiary/aromatic N) is 2. The van der Waals surface area contributed by atoms with E-state index >= 15 is 0 Å². The zero-order valence-electron chi connectivity index (χ0n) is 11.2. The summed E-state index contributed by atoms with van der Waals surface area (Å²) in [6.45, 7) is 3.89. The first-order chi connectivity index (χ1) is 9.34. The summed E-state index contributed by atoms with van der Waals surface area (Å²) >= 11 is 0. The van der Waals surface area contributed by atoms with Crippen molar-refractivity contribution in [3.63, 3.8) is 0 Å². The second-order valence-corrected chi connectivity index (χ2v) is 5.20. The minimum atomic E-state index is 0.192. The van der Waals surface area contributed by atoms with Crippen molar-refractivity contribution in [2.75, 3.05) is 37.7 Å². The van der Waals surface area contributed by atoms with Crippen LogP contribution in [0.2, 0.25) is 0 Å². The van der Waals surface area contributed by atoms with Gasteiger partial charge in [-0.1, -0.05) is 18.6 Å². The third kappa shape index (κ3) is 2.73. The van der Waals surface area contributed by atoms with Crippen LogP contribution in [0.5, 0.6) is 5.75 Å². The van der Waals surface area contributed by atoms with E-state index < -0.39 is 0 Å². The van der Waals surface area contributed by atoms with Crippen molar-refractivity contribution in [2.24, 2.45) is 0 Å². The fourth-order valence-electron chi connectivity index (χ4n) is 2.82. The summed E-state index contributed by atoms with van der Waals surface area (Å²) in [5.74, 6) is 1.01. The molecule has 1 fully saturated rings. The second kappa shape index (κ2) is 5.61. The first-order valence-corrected chi connectivity index (χ1v) is 7.09. The molecule has 4 heteroatoms. The van der Waals surface area contributed by atoms with Crippen LogP contribution < -0.4 is 9.64 Å². The van der Waals surface area contributed by atoms with Crippen molar-refractivity contribution in [2.45, 2.75) is 19.3 Å². The van der Waals surface area contributed by atoms with Gasteiger partial charge in [0.15, 0.2) is 0 Å². The zero-order valence-corrected chi connectivity index (χ0v) is 11.2. The van der Waals surface area contributed by atoms with Crippen LogP contribution in [0.25, 0.3) is 0 Å². The van der Waals surface area contributed by atoms with Crippen molar-refractivity contribution in [1.82, 2.24) is 4.90 Å². The zero-order chi connectivity index (χ0) is 13.1. The summed E-state index contributed by atoms with van der Waals surface area (Å²) in [4.78, 5) is 16.6. The molecule has 0 bridgehead atoms. The quantitative estimate of drug-likeness (QED) is 0.814. The Kier molecular flexibility index (Phi) is 3.69. The van der Waals surface area contributed by atoms with Gasteiger partial charge in [0.25, 0.3) is 0 Å². The maximum absolute atomic E-state index is 12.5. The molecule has 0 aromatic heterocycles. The number of hydrogen-bond donors (Lipinski definition) is 0. The number of carbonyl (C=O) groups is 1. The maximum atomic E-state index is 12.5. The van der Waals surface area contributed by atoms with E-state index in [-0.39, 0.29) is 5.91 Å². The number of fused-ring (bicyclic) bond motifs is 1. The Hall–Kier alpha value is -1.55. The predicted molar refractivity (Wildman–Crippen MR) is 74.6 cm³/mol. The minimum Gasteiger partial charge on any atom is -0.490 e. The van der Waals surface area contributed by atoms with Gasteiger partial charge in [-0.25, -0.2) is 0 Å². The van der Waals surface area contributed by atoms with E-state index in [1.165, 1.54) is 19.3 Å². The van der Waals surface area contributed by atoms with Crippen LogP contribution in [-0.4, -0.2) is 43.6 Å². The number of ether oxygens (including phenoxy) is 1. The van der Waals surface area contributed by atoms with E-state index in [0.717, 1.165) is 24.5 Å². The summed E-state index contributed by atoms with van der Waals surface area (Å²) in [6.07, 6.45) is 3.73. The number of piperidine rings is 1. The normalized spacial score (nSPS) is 19.7. The molecule has 1 amide bonds. The molecule has 1 saturated heterocycles. The highest BCUT2D eigenvalue weighted by atomic mass is 16.5. The number of amides is 1. The van der Waals surface area contributed by atoms with Crippen LogP contribution in [-0.2, 0) is 4.79 Å². The van der Waals surface area contributed by atoms with Crippen molar-refractivity contribution < 1.29 is 9.53 Å². The minimum absolute atomic E-state index is 0.192. The Balaban J connectivity index is 1.70. The van der Waals surface area contributed by atoms with Crippen molar-refractivity contribution in [3.05, 3.63) is 24.3 Å². The van der Waals surface area contributed by atoms with Gasteiger partial charge >= 0.3 is 0 Å². The Labute approximate surface area is 113 Å². The van der Waals surface area contributed by atoms with Crippen molar-refractivity contribution >= 4 is 11.6 Å². The lowest BCUT2D eigenvalue weighted by molar-refractivity contribution is -0.120. The Morgan fingerprint density at radius 2 is 1.89 bits per heavy atom. The molecule has 2 aliphatic heterocycles.